The van der Waals surface area contributed by atoms with Crippen LogP contribution in [0.25, 0.3) is 0 Å². The van der Waals surface area contributed by atoms with Crippen molar-refractivity contribution in [1.29, 1.82) is 0 Å². The van der Waals surface area contributed by atoms with Crippen molar-refractivity contribution in [2.75, 3.05) is 26.2 Å². The normalized spacial score (nSPS) is 37.5. The first-order valence-electron chi connectivity index (χ1n) is 6.84. The predicted octanol–water partition coefficient (Wildman–Crippen LogP) is 1.63. The highest BCUT2D eigenvalue weighted by Gasteiger charge is 2.24. The third kappa shape index (κ3) is 3.44. The molecule has 3 atom stereocenters. The molecule has 2 saturated heterocycles. The zero-order chi connectivity index (χ0) is 11.4. The largest absolute Gasteiger partial charge is 0.376 e. The molecule has 2 heterocycles. The number of piperidine rings is 1. The van der Waals surface area contributed by atoms with Crippen molar-refractivity contribution in [3.63, 3.8) is 0 Å². The van der Waals surface area contributed by atoms with E-state index in [0.717, 1.165) is 19.2 Å². The first-order valence-corrected chi connectivity index (χ1v) is 6.84. The molecule has 0 aromatic heterocycles. The lowest BCUT2D eigenvalue weighted by Crippen LogP contribution is -2.49. The molecule has 0 aromatic carbocycles. The minimum absolute atomic E-state index is 0.413. The van der Waals surface area contributed by atoms with Crippen LogP contribution in [-0.2, 0) is 4.74 Å². The number of hydrogen-bond donors (Lipinski definition) is 1. The van der Waals surface area contributed by atoms with E-state index in [2.05, 4.69) is 24.1 Å². The number of morpholine rings is 1. The van der Waals surface area contributed by atoms with Crippen molar-refractivity contribution in [3.05, 3.63) is 0 Å². The first-order chi connectivity index (χ1) is 7.75. The molecule has 0 spiro atoms. The summed E-state index contributed by atoms with van der Waals surface area (Å²) in [5.74, 6) is 0. The Morgan fingerprint density at radius 3 is 2.94 bits per heavy atom. The van der Waals surface area contributed by atoms with Crippen molar-refractivity contribution >= 4 is 0 Å². The summed E-state index contributed by atoms with van der Waals surface area (Å²) in [6.45, 7) is 8.91. The van der Waals surface area contributed by atoms with Crippen molar-refractivity contribution in [2.45, 2.75) is 57.7 Å². The molecule has 3 heteroatoms. The van der Waals surface area contributed by atoms with E-state index in [9.17, 15) is 0 Å². The smallest absolute Gasteiger partial charge is 0.0674 e. The van der Waals surface area contributed by atoms with Crippen molar-refractivity contribution < 1.29 is 4.74 Å². The molecule has 2 aliphatic heterocycles. The van der Waals surface area contributed by atoms with Crippen LogP contribution in [0.2, 0.25) is 0 Å². The van der Waals surface area contributed by atoms with Gasteiger partial charge in [0.05, 0.1) is 12.7 Å². The predicted molar refractivity (Wildman–Crippen MR) is 66.7 cm³/mol. The summed E-state index contributed by atoms with van der Waals surface area (Å²) in [4.78, 5) is 2.59. The molecule has 0 amide bonds. The van der Waals surface area contributed by atoms with Crippen LogP contribution in [0.1, 0.15) is 39.5 Å². The molecule has 2 rings (SSSR count). The summed E-state index contributed by atoms with van der Waals surface area (Å²) in [6.07, 6.45) is 5.86. The van der Waals surface area contributed by atoms with Crippen LogP contribution in [0, 0.1) is 0 Å². The summed E-state index contributed by atoms with van der Waals surface area (Å²) in [5, 5.41) is 3.63. The summed E-state index contributed by atoms with van der Waals surface area (Å²) in [7, 11) is 0. The summed E-state index contributed by atoms with van der Waals surface area (Å²) < 4.78 is 5.65. The second-order valence-electron chi connectivity index (χ2n) is 5.42. The van der Waals surface area contributed by atoms with Gasteiger partial charge in [-0.3, -0.25) is 4.90 Å². The van der Waals surface area contributed by atoms with E-state index in [0.29, 0.717) is 12.1 Å². The lowest BCUT2D eigenvalue weighted by molar-refractivity contribution is -0.0503. The molecule has 0 aromatic rings. The Morgan fingerprint density at radius 2 is 2.19 bits per heavy atom. The fourth-order valence-corrected chi connectivity index (χ4v) is 2.78. The molecule has 16 heavy (non-hydrogen) atoms. The first kappa shape index (κ1) is 12.3. The van der Waals surface area contributed by atoms with Gasteiger partial charge in [-0.15, -0.1) is 0 Å². The van der Waals surface area contributed by atoms with Crippen LogP contribution in [0.5, 0.6) is 0 Å². The molecule has 1 N–H and O–H groups in total. The van der Waals surface area contributed by atoms with Crippen LogP contribution in [0.3, 0.4) is 0 Å². The number of ether oxygens (including phenoxy) is 1. The molecule has 0 radical (unpaired) electrons. The average Bonchev–Trinajstić information content (AvgIpc) is 2.32. The Hall–Kier alpha value is -0.120. The van der Waals surface area contributed by atoms with Gasteiger partial charge >= 0.3 is 0 Å². The molecule has 0 saturated carbocycles. The monoisotopic (exact) mass is 226 g/mol. The Morgan fingerprint density at radius 1 is 1.31 bits per heavy atom. The van der Waals surface area contributed by atoms with E-state index < -0.39 is 0 Å². The van der Waals surface area contributed by atoms with Gasteiger partial charge < -0.3 is 10.1 Å². The summed E-state index contributed by atoms with van der Waals surface area (Å²) in [6, 6.07) is 1.36. The zero-order valence-corrected chi connectivity index (χ0v) is 10.7. The molecule has 3 unspecified atom stereocenters. The molecule has 2 aliphatic rings. The molecular formula is C13H26N2O. The second kappa shape index (κ2) is 5.99. The van der Waals surface area contributed by atoms with Gasteiger partial charge in [0.25, 0.3) is 0 Å². The third-order valence-corrected chi connectivity index (χ3v) is 3.91. The third-order valence-electron chi connectivity index (χ3n) is 3.91. The lowest BCUT2D eigenvalue weighted by atomic mass is 10.0. The van der Waals surface area contributed by atoms with Gasteiger partial charge in [0.1, 0.15) is 0 Å². The average molecular weight is 226 g/mol. The van der Waals surface area contributed by atoms with E-state index in [4.69, 9.17) is 4.74 Å². The van der Waals surface area contributed by atoms with Gasteiger partial charge in [-0.1, -0.05) is 6.42 Å². The van der Waals surface area contributed by atoms with Crippen LogP contribution in [-0.4, -0.2) is 49.3 Å². The molecular weight excluding hydrogens is 200 g/mol. The van der Waals surface area contributed by atoms with Crippen molar-refractivity contribution in [2.24, 2.45) is 0 Å². The number of nitrogens with zero attached hydrogens (tertiary/aromatic N) is 1. The Bertz CT molecular complexity index is 204. The van der Waals surface area contributed by atoms with E-state index in [-0.39, 0.29) is 0 Å². The van der Waals surface area contributed by atoms with Gasteiger partial charge in [0.15, 0.2) is 0 Å². The van der Waals surface area contributed by atoms with Crippen LogP contribution in [0.4, 0.5) is 0 Å². The quantitative estimate of drug-likeness (QED) is 0.791. The second-order valence-corrected chi connectivity index (χ2v) is 5.42. The van der Waals surface area contributed by atoms with E-state index in [1.54, 1.807) is 0 Å². The summed E-state index contributed by atoms with van der Waals surface area (Å²) in [5.41, 5.74) is 0. The number of hydrogen-bond acceptors (Lipinski definition) is 3. The maximum atomic E-state index is 5.65. The highest BCUT2D eigenvalue weighted by atomic mass is 16.5. The lowest BCUT2D eigenvalue weighted by Gasteiger charge is -2.37. The maximum Gasteiger partial charge on any atom is 0.0674 e. The van der Waals surface area contributed by atoms with Crippen LogP contribution in [0.15, 0.2) is 0 Å². The minimum Gasteiger partial charge on any atom is -0.376 e. The Balaban J connectivity index is 1.71. The van der Waals surface area contributed by atoms with Crippen molar-refractivity contribution in [3.8, 4) is 0 Å². The maximum absolute atomic E-state index is 5.65. The minimum atomic E-state index is 0.413. The molecule has 0 aliphatic carbocycles. The van der Waals surface area contributed by atoms with Crippen molar-refractivity contribution in [1.82, 2.24) is 10.2 Å². The highest BCUT2D eigenvalue weighted by Crippen LogP contribution is 2.15. The van der Waals surface area contributed by atoms with Gasteiger partial charge in [-0.2, -0.15) is 0 Å². The van der Waals surface area contributed by atoms with Crippen LogP contribution < -0.4 is 5.32 Å². The number of rotatable bonds is 3. The highest BCUT2D eigenvalue weighted by molar-refractivity contribution is 4.79. The van der Waals surface area contributed by atoms with Gasteiger partial charge in [-0.05, 0) is 39.7 Å². The Kier molecular flexibility index (Phi) is 4.62. The molecule has 0 bridgehead atoms. The fraction of sp³-hybridized carbons (Fsp3) is 1.00. The standard InChI is InChI=1S/C13H26N2O/c1-11-10-16-12(2)9-15(11)8-6-13-5-3-4-7-14-13/h11-14H,3-10H2,1-2H3. The topological polar surface area (TPSA) is 24.5 Å². The fourth-order valence-electron chi connectivity index (χ4n) is 2.78. The molecule has 3 nitrogen and oxygen atoms in total. The van der Waals surface area contributed by atoms with E-state index in [1.165, 1.54) is 38.8 Å². The van der Waals surface area contributed by atoms with E-state index in [1.807, 2.05) is 0 Å². The molecule has 94 valence electrons. The SMILES string of the molecule is CC1CN(CCC2CCCCN2)C(C)CO1. The molecule has 2 fully saturated rings. The number of nitrogens with one attached hydrogen (secondary N) is 1. The van der Waals surface area contributed by atoms with E-state index >= 15 is 0 Å². The van der Waals surface area contributed by atoms with Gasteiger partial charge in [0.2, 0.25) is 0 Å². The van der Waals surface area contributed by atoms with Crippen LogP contribution >= 0.6 is 0 Å². The Labute approximate surface area is 99.5 Å². The van der Waals surface area contributed by atoms with Gasteiger partial charge in [0, 0.05) is 25.2 Å². The zero-order valence-electron chi connectivity index (χ0n) is 10.7. The summed E-state index contributed by atoms with van der Waals surface area (Å²) >= 11 is 0. The van der Waals surface area contributed by atoms with Gasteiger partial charge in [-0.25, -0.2) is 0 Å².